The average molecular weight is 287 g/mol. The maximum Gasteiger partial charge on any atom is 0.165 e. The second kappa shape index (κ2) is 7.23. The molecule has 112 valence electrons. The summed E-state index contributed by atoms with van der Waals surface area (Å²) >= 11 is 0. The van der Waals surface area contributed by atoms with Crippen LogP contribution in [0.1, 0.15) is 23.6 Å². The highest BCUT2D eigenvalue weighted by atomic mass is 19.1. The van der Waals surface area contributed by atoms with E-state index in [-0.39, 0.29) is 11.6 Å². The molecule has 2 rings (SSSR count). The third kappa shape index (κ3) is 4.30. The van der Waals surface area contributed by atoms with E-state index in [1.165, 1.54) is 24.3 Å². The first-order valence-corrected chi connectivity index (χ1v) is 7.20. The average Bonchev–Trinajstić information content (AvgIpc) is 2.48. The zero-order chi connectivity index (χ0) is 15.2. The molecule has 0 radical (unpaired) electrons. The number of hydrogen-bond acceptors (Lipinski definition) is 2. The topological polar surface area (TPSA) is 21.3 Å². The van der Waals surface area contributed by atoms with Gasteiger partial charge in [0, 0.05) is 12.6 Å². The summed E-state index contributed by atoms with van der Waals surface area (Å²) in [6, 6.07) is 13.8. The van der Waals surface area contributed by atoms with E-state index in [2.05, 4.69) is 43.4 Å². The molecule has 0 heterocycles. The minimum atomic E-state index is -0.316. The Bertz CT molecular complexity index is 598. The van der Waals surface area contributed by atoms with Crippen molar-refractivity contribution in [2.45, 2.75) is 32.9 Å². The summed E-state index contributed by atoms with van der Waals surface area (Å²) < 4.78 is 18.5. The van der Waals surface area contributed by atoms with Gasteiger partial charge < -0.3 is 10.1 Å². The number of benzene rings is 2. The van der Waals surface area contributed by atoms with Crippen molar-refractivity contribution in [2.75, 3.05) is 7.11 Å². The minimum Gasteiger partial charge on any atom is -0.494 e. The van der Waals surface area contributed by atoms with Crippen LogP contribution < -0.4 is 10.1 Å². The molecule has 0 fully saturated rings. The maximum atomic E-state index is 13.6. The molecule has 3 heteroatoms. The first kappa shape index (κ1) is 15.5. The standard InChI is InChI=1S/C18H22FNO/c1-13-6-4-5-7-16(13)10-14(2)20-12-15-8-9-18(21-3)17(19)11-15/h4-9,11,14,20H,10,12H2,1-3H3. The van der Waals surface area contributed by atoms with E-state index in [4.69, 9.17) is 4.74 Å². The Labute approximate surface area is 126 Å². The number of methoxy groups -OCH3 is 1. The molecule has 0 aliphatic rings. The Morgan fingerprint density at radius 2 is 1.95 bits per heavy atom. The van der Waals surface area contributed by atoms with Gasteiger partial charge in [-0.15, -0.1) is 0 Å². The fourth-order valence-corrected chi connectivity index (χ4v) is 2.35. The van der Waals surface area contributed by atoms with Crippen molar-refractivity contribution in [3.63, 3.8) is 0 Å². The lowest BCUT2D eigenvalue weighted by atomic mass is 10.0. The summed E-state index contributed by atoms with van der Waals surface area (Å²) in [5, 5.41) is 3.43. The Morgan fingerprint density at radius 3 is 2.62 bits per heavy atom. The molecule has 0 aliphatic heterocycles. The fourth-order valence-electron chi connectivity index (χ4n) is 2.35. The smallest absolute Gasteiger partial charge is 0.165 e. The number of ether oxygens (including phenoxy) is 1. The Hall–Kier alpha value is -1.87. The number of aryl methyl sites for hydroxylation is 1. The third-order valence-electron chi connectivity index (χ3n) is 3.66. The normalized spacial score (nSPS) is 12.2. The van der Waals surface area contributed by atoms with E-state index in [1.54, 1.807) is 6.07 Å². The van der Waals surface area contributed by atoms with Crippen LogP contribution in [0.25, 0.3) is 0 Å². The first-order chi connectivity index (χ1) is 10.1. The molecule has 21 heavy (non-hydrogen) atoms. The predicted molar refractivity (Wildman–Crippen MR) is 84.1 cm³/mol. The van der Waals surface area contributed by atoms with Crippen LogP contribution in [-0.4, -0.2) is 13.2 Å². The van der Waals surface area contributed by atoms with Gasteiger partial charge in [-0.3, -0.25) is 0 Å². The van der Waals surface area contributed by atoms with Crippen molar-refractivity contribution >= 4 is 0 Å². The Morgan fingerprint density at radius 1 is 1.19 bits per heavy atom. The first-order valence-electron chi connectivity index (χ1n) is 7.20. The molecular weight excluding hydrogens is 265 g/mol. The van der Waals surface area contributed by atoms with Gasteiger partial charge in [0.15, 0.2) is 11.6 Å². The second-order valence-corrected chi connectivity index (χ2v) is 5.38. The van der Waals surface area contributed by atoms with Gasteiger partial charge in [0.25, 0.3) is 0 Å². The molecule has 2 nitrogen and oxygen atoms in total. The summed E-state index contributed by atoms with van der Waals surface area (Å²) in [6.07, 6.45) is 0.964. The zero-order valence-corrected chi connectivity index (χ0v) is 12.8. The van der Waals surface area contributed by atoms with Gasteiger partial charge in [-0.05, 0) is 49.1 Å². The highest BCUT2D eigenvalue weighted by Gasteiger charge is 2.07. The van der Waals surface area contributed by atoms with Gasteiger partial charge in [-0.1, -0.05) is 30.3 Å². The van der Waals surface area contributed by atoms with Gasteiger partial charge in [0.05, 0.1) is 7.11 Å². The summed E-state index contributed by atoms with van der Waals surface area (Å²) in [7, 11) is 1.47. The molecule has 0 spiro atoms. The molecular formula is C18H22FNO. The SMILES string of the molecule is COc1ccc(CNC(C)Cc2ccccc2C)cc1F. The van der Waals surface area contributed by atoms with Crippen LogP contribution in [0.2, 0.25) is 0 Å². The van der Waals surface area contributed by atoms with Crippen molar-refractivity contribution in [2.24, 2.45) is 0 Å². The summed E-state index contributed by atoms with van der Waals surface area (Å²) in [6.45, 7) is 4.92. The van der Waals surface area contributed by atoms with Gasteiger partial charge in [-0.25, -0.2) is 4.39 Å². The van der Waals surface area contributed by atoms with Crippen LogP contribution in [0.15, 0.2) is 42.5 Å². The fraction of sp³-hybridized carbons (Fsp3) is 0.333. The van der Waals surface area contributed by atoms with Crippen LogP contribution >= 0.6 is 0 Å². The van der Waals surface area contributed by atoms with Gasteiger partial charge in [-0.2, -0.15) is 0 Å². The molecule has 1 atom stereocenters. The molecule has 0 saturated carbocycles. The van der Waals surface area contributed by atoms with E-state index in [0.717, 1.165) is 12.0 Å². The maximum absolute atomic E-state index is 13.6. The lowest BCUT2D eigenvalue weighted by molar-refractivity contribution is 0.386. The lowest BCUT2D eigenvalue weighted by Gasteiger charge is -2.15. The lowest BCUT2D eigenvalue weighted by Crippen LogP contribution is -2.27. The quantitative estimate of drug-likeness (QED) is 0.871. The summed E-state index contributed by atoms with van der Waals surface area (Å²) in [4.78, 5) is 0. The number of hydrogen-bond donors (Lipinski definition) is 1. The summed E-state index contributed by atoms with van der Waals surface area (Å²) in [5.74, 6) is -0.0323. The molecule has 0 aromatic heterocycles. The molecule has 0 amide bonds. The second-order valence-electron chi connectivity index (χ2n) is 5.38. The Balaban J connectivity index is 1.91. The molecule has 1 unspecified atom stereocenters. The van der Waals surface area contributed by atoms with Gasteiger partial charge in [0.1, 0.15) is 0 Å². The summed E-state index contributed by atoms with van der Waals surface area (Å²) in [5.41, 5.74) is 3.57. The number of nitrogens with one attached hydrogen (secondary N) is 1. The number of halogens is 1. The van der Waals surface area contributed by atoms with Gasteiger partial charge in [0.2, 0.25) is 0 Å². The van der Waals surface area contributed by atoms with Crippen molar-refractivity contribution < 1.29 is 9.13 Å². The van der Waals surface area contributed by atoms with Crippen LogP contribution in [-0.2, 0) is 13.0 Å². The van der Waals surface area contributed by atoms with Crippen LogP contribution in [0.5, 0.6) is 5.75 Å². The van der Waals surface area contributed by atoms with Crippen molar-refractivity contribution in [3.8, 4) is 5.75 Å². The molecule has 0 saturated heterocycles. The highest BCUT2D eigenvalue weighted by Crippen LogP contribution is 2.17. The van der Waals surface area contributed by atoms with Crippen molar-refractivity contribution in [1.82, 2.24) is 5.32 Å². The molecule has 2 aromatic carbocycles. The van der Waals surface area contributed by atoms with Crippen molar-refractivity contribution in [1.29, 1.82) is 0 Å². The van der Waals surface area contributed by atoms with Crippen LogP contribution in [0.3, 0.4) is 0 Å². The van der Waals surface area contributed by atoms with E-state index in [1.807, 2.05) is 6.07 Å². The molecule has 0 aliphatic carbocycles. The van der Waals surface area contributed by atoms with E-state index >= 15 is 0 Å². The van der Waals surface area contributed by atoms with Crippen molar-refractivity contribution in [3.05, 3.63) is 65.0 Å². The molecule has 2 aromatic rings. The zero-order valence-electron chi connectivity index (χ0n) is 12.8. The van der Waals surface area contributed by atoms with E-state index < -0.39 is 0 Å². The van der Waals surface area contributed by atoms with Crippen LogP contribution in [0.4, 0.5) is 4.39 Å². The van der Waals surface area contributed by atoms with E-state index in [9.17, 15) is 4.39 Å². The van der Waals surface area contributed by atoms with Gasteiger partial charge >= 0.3 is 0 Å². The predicted octanol–water partition coefficient (Wildman–Crippen LogP) is 3.86. The monoisotopic (exact) mass is 287 g/mol. The number of rotatable bonds is 6. The van der Waals surface area contributed by atoms with E-state index in [0.29, 0.717) is 12.6 Å². The minimum absolute atomic E-state index is 0.284. The third-order valence-corrected chi connectivity index (χ3v) is 3.66. The molecule has 1 N–H and O–H groups in total. The largest absolute Gasteiger partial charge is 0.494 e. The molecule has 0 bridgehead atoms. The van der Waals surface area contributed by atoms with Crippen LogP contribution in [0, 0.1) is 12.7 Å². The Kier molecular flexibility index (Phi) is 5.34. The highest BCUT2D eigenvalue weighted by molar-refractivity contribution is 5.29.